The molecule has 178 valence electrons. The molecule has 0 radical (unpaired) electrons. The average Bonchev–Trinajstić information content (AvgIpc) is 3.17. The lowest BCUT2D eigenvalue weighted by Crippen LogP contribution is -2.29. The van der Waals surface area contributed by atoms with Gasteiger partial charge in [-0.25, -0.2) is 4.79 Å². The zero-order valence-corrected chi connectivity index (χ0v) is 19.4. The van der Waals surface area contributed by atoms with E-state index in [1.54, 1.807) is 72.8 Å². The van der Waals surface area contributed by atoms with Crippen molar-refractivity contribution in [1.29, 1.82) is 0 Å². The quantitative estimate of drug-likeness (QED) is 0.228. The molecular weight excluding hydrogens is 446 g/mol. The molecular formula is C28H25NO6. The molecule has 0 aliphatic carbocycles. The van der Waals surface area contributed by atoms with Crippen molar-refractivity contribution in [2.24, 2.45) is 0 Å². The lowest BCUT2D eigenvalue weighted by Gasteiger charge is -2.25. The highest BCUT2D eigenvalue weighted by molar-refractivity contribution is 6.51. The molecule has 1 N–H and O–H groups in total. The molecule has 1 aliphatic heterocycles. The Kier molecular flexibility index (Phi) is 6.96. The van der Waals surface area contributed by atoms with E-state index in [-0.39, 0.29) is 11.3 Å². The van der Waals surface area contributed by atoms with E-state index in [0.717, 1.165) is 0 Å². The summed E-state index contributed by atoms with van der Waals surface area (Å²) in [5, 5.41) is 11.2. The van der Waals surface area contributed by atoms with Crippen LogP contribution < -0.4 is 9.64 Å². The molecule has 1 unspecified atom stereocenters. The molecule has 1 heterocycles. The number of Topliss-reactive ketones (excluding diaryl/α,β-unsaturated/α-hetero) is 1. The lowest BCUT2D eigenvalue weighted by atomic mass is 9.95. The fraction of sp³-hybridized carbons (Fsp3) is 0.179. The van der Waals surface area contributed by atoms with Crippen molar-refractivity contribution in [3.63, 3.8) is 0 Å². The van der Waals surface area contributed by atoms with Gasteiger partial charge in [0.25, 0.3) is 11.7 Å². The number of anilines is 1. The van der Waals surface area contributed by atoms with Gasteiger partial charge in [-0.1, -0.05) is 49.4 Å². The third-order valence-corrected chi connectivity index (χ3v) is 5.72. The number of carbonyl (C=O) groups excluding carboxylic acids is 3. The predicted octanol–water partition coefficient (Wildman–Crippen LogP) is 4.89. The standard InChI is InChI=1S/C28H25NO6/c1-3-16-35-28(33)19-12-14-21(15-13-19)29-24(18-8-5-4-6-9-18)23(26(31)27(29)32)25(30)20-10-7-11-22(17-20)34-2/h4-15,17,24,30H,3,16H2,1-2H3/b25-23+. The normalized spacial score (nSPS) is 16.9. The van der Waals surface area contributed by atoms with Crippen LogP contribution in [-0.2, 0) is 14.3 Å². The van der Waals surface area contributed by atoms with Gasteiger partial charge in [-0.3, -0.25) is 14.5 Å². The summed E-state index contributed by atoms with van der Waals surface area (Å²) in [6, 6.07) is 21.1. The third kappa shape index (κ3) is 4.66. The minimum atomic E-state index is -0.861. The highest BCUT2D eigenvalue weighted by Gasteiger charge is 2.46. The highest BCUT2D eigenvalue weighted by Crippen LogP contribution is 2.42. The Balaban J connectivity index is 1.81. The minimum Gasteiger partial charge on any atom is -0.507 e. The van der Waals surface area contributed by atoms with Gasteiger partial charge in [0.1, 0.15) is 11.5 Å². The number of aliphatic hydroxyl groups is 1. The predicted molar refractivity (Wildman–Crippen MR) is 131 cm³/mol. The topological polar surface area (TPSA) is 93.1 Å². The van der Waals surface area contributed by atoms with Crippen LogP contribution in [0.25, 0.3) is 5.76 Å². The van der Waals surface area contributed by atoms with Crippen LogP contribution >= 0.6 is 0 Å². The Morgan fingerprint density at radius 3 is 2.31 bits per heavy atom. The Morgan fingerprint density at radius 2 is 1.66 bits per heavy atom. The summed E-state index contributed by atoms with van der Waals surface area (Å²) in [5.41, 5.74) is 1.74. The third-order valence-electron chi connectivity index (χ3n) is 5.72. The van der Waals surface area contributed by atoms with Crippen LogP contribution in [0, 0.1) is 0 Å². The molecule has 1 atom stereocenters. The summed E-state index contributed by atoms with van der Waals surface area (Å²) in [6.45, 7) is 2.22. The first-order valence-corrected chi connectivity index (χ1v) is 11.2. The number of hydrogen-bond acceptors (Lipinski definition) is 6. The van der Waals surface area contributed by atoms with Crippen molar-refractivity contribution in [2.45, 2.75) is 19.4 Å². The van der Waals surface area contributed by atoms with Crippen molar-refractivity contribution >= 4 is 29.1 Å². The number of amides is 1. The van der Waals surface area contributed by atoms with E-state index in [9.17, 15) is 19.5 Å². The molecule has 0 saturated carbocycles. The SMILES string of the molecule is CCCOC(=O)c1ccc(N2C(=O)C(=O)/C(=C(/O)c3cccc(OC)c3)C2c2ccccc2)cc1. The fourth-order valence-electron chi connectivity index (χ4n) is 4.01. The monoisotopic (exact) mass is 471 g/mol. The number of hydrogen-bond donors (Lipinski definition) is 1. The number of ether oxygens (including phenoxy) is 2. The largest absolute Gasteiger partial charge is 0.507 e. The maximum absolute atomic E-state index is 13.2. The van der Waals surface area contributed by atoms with Crippen LogP contribution in [-0.4, -0.2) is 36.5 Å². The molecule has 4 rings (SSSR count). The maximum Gasteiger partial charge on any atom is 0.338 e. The highest BCUT2D eigenvalue weighted by atomic mass is 16.5. The zero-order valence-electron chi connectivity index (χ0n) is 19.4. The van der Waals surface area contributed by atoms with Gasteiger partial charge >= 0.3 is 5.97 Å². The number of carbonyl (C=O) groups is 3. The van der Waals surface area contributed by atoms with E-state index >= 15 is 0 Å². The van der Waals surface area contributed by atoms with Gasteiger partial charge in [-0.15, -0.1) is 0 Å². The van der Waals surface area contributed by atoms with Gasteiger partial charge in [0.15, 0.2) is 0 Å². The van der Waals surface area contributed by atoms with Gasteiger partial charge in [0.05, 0.1) is 30.9 Å². The van der Waals surface area contributed by atoms with E-state index in [2.05, 4.69) is 0 Å². The molecule has 7 nitrogen and oxygen atoms in total. The molecule has 1 aliphatic rings. The summed E-state index contributed by atoms with van der Waals surface area (Å²) in [6.07, 6.45) is 0.707. The first kappa shape index (κ1) is 23.8. The molecule has 3 aromatic rings. The molecule has 0 spiro atoms. The van der Waals surface area contributed by atoms with Crippen LogP contribution in [0.15, 0.2) is 84.4 Å². The number of nitrogens with zero attached hydrogens (tertiary/aromatic N) is 1. The van der Waals surface area contributed by atoms with Gasteiger partial charge < -0.3 is 14.6 Å². The molecule has 1 amide bonds. The van der Waals surface area contributed by atoms with Gasteiger partial charge in [0.2, 0.25) is 0 Å². The Bertz CT molecular complexity index is 1280. The first-order valence-electron chi connectivity index (χ1n) is 11.2. The summed E-state index contributed by atoms with van der Waals surface area (Å²) in [4.78, 5) is 40.0. The second kappa shape index (κ2) is 10.3. The molecule has 1 fully saturated rings. The Morgan fingerprint density at radius 1 is 0.943 bits per heavy atom. The average molecular weight is 472 g/mol. The molecule has 0 aromatic heterocycles. The zero-order chi connectivity index (χ0) is 24.9. The maximum atomic E-state index is 13.2. The molecule has 1 saturated heterocycles. The van der Waals surface area contributed by atoms with Crippen molar-refractivity contribution in [3.8, 4) is 5.75 Å². The van der Waals surface area contributed by atoms with Crippen LogP contribution in [0.1, 0.15) is 40.9 Å². The number of rotatable bonds is 7. The first-order chi connectivity index (χ1) is 17.0. The second-order valence-corrected chi connectivity index (χ2v) is 7.99. The van der Waals surface area contributed by atoms with Gasteiger partial charge in [-0.2, -0.15) is 0 Å². The second-order valence-electron chi connectivity index (χ2n) is 7.99. The number of methoxy groups -OCH3 is 1. The Labute approximate surface area is 203 Å². The van der Waals surface area contributed by atoms with E-state index < -0.39 is 23.7 Å². The number of esters is 1. The van der Waals surface area contributed by atoms with Crippen LogP contribution in [0.2, 0.25) is 0 Å². The summed E-state index contributed by atoms with van der Waals surface area (Å²) in [7, 11) is 1.50. The number of aliphatic hydroxyl groups excluding tert-OH is 1. The summed E-state index contributed by atoms with van der Waals surface area (Å²) >= 11 is 0. The molecule has 7 heteroatoms. The Hall–Kier alpha value is -4.39. The minimum absolute atomic E-state index is 0.0270. The molecule has 0 bridgehead atoms. The molecule has 3 aromatic carbocycles. The number of benzene rings is 3. The van der Waals surface area contributed by atoms with E-state index in [1.807, 2.05) is 13.0 Å². The van der Waals surface area contributed by atoms with E-state index in [1.165, 1.54) is 12.0 Å². The van der Waals surface area contributed by atoms with E-state index in [4.69, 9.17) is 9.47 Å². The fourth-order valence-corrected chi connectivity index (χ4v) is 4.01. The van der Waals surface area contributed by atoms with Gasteiger partial charge in [0, 0.05) is 11.3 Å². The van der Waals surface area contributed by atoms with Crippen LogP contribution in [0.4, 0.5) is 5.69 Å². The number of ketones is 1. The van der Waals surface area contributed by atoms with Crippen LogP contribution in [0.3, 0.4) is 0 Å². The lowest BCUT2D eigenvalue weighted by molar-refractivity contribution is -0.132. The van der Waals surface area contributed by atoms with Crippen molar-refractivity contribution < 1.29 is 29.0 Å². The molecule has 35 heavy (non-hydrogen) atoms. The smallest absolute Gasteiger partial charge is 0.338 e. The van der Waals surface area contributed by atoms with Crippen molar-refractivity contribution in [1.82, 2.24) is 0 Å². The van der Waals surface area contributed by atoms with E-state index in [0.29, 0.717) is 41.2 Å². The summed E-state index contributed by atoms with van der Waals surface area (Å²) in [5.74, 6) is -1.82. The summed E-state index contributed by atoms with van der Waals surface area (Å²) < 4.78 is 10.4. The van der Waals surface area contributed by atoms with Gasteiger partial charge in [-0.05, 0) is 48.4 Å². The van der Waals surface area contributed by atoms with Crippen molar-refractivity contribution in [3.05, 3.63) is 101 Å². The van der Waals surface area contributed by atoms with Crippen LogP contribution in [0.5, 0.6) is 5.75 Å². The van der Waals surface area contributed by atoms with Crippen molar-refractivity contribution in [2.75, 3.05) is 18.6 Å².